The number of hydrogen-bond acceptors (Lipinski definition) is 8. The molecule has 41 heavy (non-hydrogen) atoms. The van der Waals surface area contributed by atoms with Crippen LogP contribution in [0.25, 0.3) is 10.8 Å². The number of fused-ring (bicyclic) bond motifs is 1. The number of aliphatic imine (C=N–C) groups is 2. The number of aliphatic carboxylic acids is 2. The molecule has 2 N–H and O–H groups in total. The molecule has 1 radical (unpaired) electrons. The molecule has 0 bridgehead atoms. The number of hydrogen-bond donors (Lipinski definition) is 2. The number of phenolic OH excluding ortho intramolecular Hbond substituents is 2. The van der Waals surface area contributed by atoms with Crippen LogP contribution in [0.2, 0.25) is 0 Å². The number of carboxylic acid groups (broad SMARTS) is 2. The molecule has 4 aromatic rings. The number of carbonyl (C=O) groups excluding carboxylic acids is 2. The van der Waals surface area contributed by atoms with E-state index >= 15 is 0 Å². The summed E-state index contributed by atoms with van der Waals surface area (Å²) in [5.74, 6) is -1.76. The van der Waals surface area contributed by atoms with Gasteiger partial charge in [0.25, 0.3) is 0 Å². The Bertz CT molecular complexity index is 1410. The van der Waals surface area contributed by atoms with Crippen molar-refractivity contribution in [1.29, 1.82) is 0 Å². The van der Waals surface area contributed by atoms with Crippen molar-refractivity contribution in [2.45, 2.75) is 40.5 Å². The Balaban J connectivity index is 0.000000830. The van der Waals surface area contributed by atoms with E-state index in [-0.39, 0.29) is 28.3 Å². The Morgan fingerprint density at radius 2 is 1.07 bits per heavy atom. The van der Waals surface area contributed by atoms with Crippen LogP contribution in [0, 0.1) is 0 Å². The second-order valence-corrected chi connectivity index (χ2v) is 8.65. The van der Waals surface area contributed by atoms with E-state index in [4.69, 9.17) is 29.8 Å². The smallest absolute Gasteiger partial charge is 0.550 e. The molecule has 0 spiro atoms. The standard InChI is InChI=1S/C28H26N2O2.2C2H4O2.Co/c1-3-19-11-13-26(31)22(15-19)17-29-24-9-5-7-21-8-6-10-25(28(21)24)30-18-23-16-20(4-2)12-14-27(23)32;2*1-2(3)4;/h5-18,31-32H,3-4H2,1-2H3;2*1H3,(H,3,4);/q;;;+2/p-2. The molecule has 0 aliphatic rings. The van der Waals surface area contributed by atoms with E-state index < -0.39 is 11.9 Å². The van der Waals surface area contributed by atoms with Gasteiger partial charge in [0.2, 0.25) is 0 Å². The van der Waals surface area contributed by atoms with Crippen molar-refractivity contribution in [2.24, 2.45) is 9.98 Å². The maximum atomic E-state index is 10.2. The molecule has 0 aliphatic carbocycles. The first-order valence-corrected chi connectivity index (χ1v) is 12.6. The van der Waals surface area contributed by atoms with Crippen molar-refractivity contribution in [1.82, 2.24) is 0 Å². The predicted molar refractivity (Wildman–Crippen MR) is 155 cm³/mol. The summed E-state index contributed by atoms with van der Waals surface area (Å²) in [6.07, 6.45) is 5.17. The Morgan fingerprint density at radius 1 is 0.707 bits per heavy atom. The third-order valence-electron chi connectivity index (χ3n) is 5.55. The van der Waals surface area contributed by atoms with E-state index in [0.717, 1.165) is 60.0 Å². The van der Waals surface area contributed by atoms with Crippen molar-refractivity contribution < 1.29 is 46.8 Å². The van der Waals surface area contributed by atoms with Gasteiger partial charge in [0.1, 0.15) is 11.5 Å². The monoisotopic (exact) mass is 599 g/mol. The van der Waals surface area contributed by atoms with Gasteiger partial charge in [-0.15, -0.1) is 0 Å². The fourth-order valence-electron chi connectivity index (χ4n) is 3.65. The van der Waals surface area contributed by atoms with Gasteiger partial charge in [-0.05, 0) is 79.6 Å². The quantitative estimate of drug-likeness (QED) is 0.315. The van der Waals surface area contributed by atoms with Crippen LogP contribution in [-0.4, -0.2) is 34.6 Å². The van der Waals surface area contributed by atoms with Gasteiger partial charge in [-0.25, -0.2) is 0 Å². The summed E-state index contributed by atoms with van der Waals surface area (Å²) in [7, 11) is 0. The molecule has 4 aromatic carbocycles. The molecular weight excluding hydrogens is 567 g/mol. The molecule has 215 valence electrons. The Hall–Kier alpha value is -4.47. The Labute approximate surface area is 249 Å². The molecule has 0 fully saturated rings. The summed E-state index contributed by atoms with van der Waals surface area (Å²) in [6.45, 7) is 6.10. The van der Waals surface area contributed by atoms with Crippen LogP contribution >= 0.6 is 0 Å². The zero-order chi connectivity index (χ0) is 29.7. The average molecular weight is 600 g/mol. The van der Waals surface area contributed by atoms with Crippen LogP contribution in [0.4, 0.5) is 11.4 Å². The largest absolute Gasteiger partial charge is 2.00 e. The zero-order valence-electron chi connectivity index (χ0n) is 23.3. The van der Waals surface area contributed by atoms with Gasteiger partial charge in [0.15, 0.2) is 0 Å². The molecule has 0 aliphatic heterocycles. The number of carboxylic acids is 2. The van der Waals surface area contributed by atoms with Gasteiger partial charge in [0, 0.05) is 40.9 Å². The second kappa shape index (κ2) is 17.3. The van der Waals surface area contributed by atoms with Crippen molar-refractivity contribution in [3.05, 3.63) is 95.1 Å². The summed E-state index contributed by atoms with van der Waals surface area (Å²) in [6, 6.07) is 23.0. The van der Waals surface area contributed by atoms with E-state index in [1.807, 2.05) is 60.7 Å². The van der Waals surface area contributed by atoms with Crippen LogP contribution < -0.4 is 10.2 Å². The topological polar surface area (TPSA) is 145 Å². The summed E-state index contributed by atoms with van der Waals surface area (Å²) in [4.78, 5) is 27.2. The van der Waals surface area contributed by atoms with Crippen LogP contribution in [0.5, 0.6) is 11.5 Å². The molecule has 9 heteroatoms. The SMILES string of the molecule is CC(=O)[O-].CC(=O)[O-].CCc1ccc(O)c(C=Nc2cccc3cccc(N=Cc4cc(CC)ccc4O)c23)c1.[Co+2]. The predicted octanol–water partition coefficient (Wildman–Crippen LogP) is 4.39. The van der Waals surface area contributed by atoms with Crippen LogP contribution in [0.3, 0.4) is 0 Å². The summed E-state index contributed by atoms with van der Waals surface area (Å²) in [5, 5.41) is 40.1. The number of aromatic hydroxyl groups is 2. The summed E-state index contributed by atoms with van der Waals surface area (Å²) in [5.41, 5.74) is 5.18. The van der Waals surface area contributed by atoms with Crippen LogP contribution in [0.1, 0.15) is 49.9 Å². The first kappa shape index (κ1) is 34.6. The fourth-order valence-corrected chi connectivity index (χ4v) is 3.65. The second-order valence-electron chi connectivity index (χ2n) is 8.65. The maximum absolute atomic E-state index is 10.2. The van der Waals surface area contributed by atoms with Crippen molar-refractivity contribution in [2.75, 3.05) is 0 Å². The molecule has 0 heterocycles. The van der Waals surface area contributed by atoms with E-state index in [1.54, 1.807) is 24.6 Å². The number of nitrogens with zero attached hydrogens (tertiary/aromatic N) is 2. The molecule has 0 atom stereocenters. The van der Waals surface area contributed by atoms with Gasteiger partial charge in [-0.2, -0.15) is 0 Å². The number of carbonyl (C=O) groups is 2. The molecule has 0 saturated carbocycles. The van der Waals surface area contributed by atoms with Gasteiger partial charge in [0.05, 0.1) is 11.4 Å². The van der Waals surface area contributed by atoms with E-state index in [2.05, 4.69) is 13.8 Å². The molecule has 0 saturated heterocycles. The first-order valence-electron chi connectivity index (χ1n) is 12.6. The summed E-state index contributed by atoms with van der Waals surface area (Å²) >= 11 is 0. The Morgan fingerprint density at radius 3 is 1.41 bits per heavy atom. The minimum absolute atomic E-state index is 0. The number of phenols is 2. The van der Waals surface area contributed by atoms with Crippen molar-refractivity contribution in [3.63, 3.8) is 0 Å². The minimum atomic E-state index is -1.08. The number of rotatable bonds is 6. The van der Waals surface area contributed by atoms with Crippen molar-refractivity contribution in [3.8, 4) is 11.5 Å². The third-order valence-corrected chi connectivity index (χ3v) is 5.55. The molecular formula is C32H32CoN2O6. The minimum Gasteiger partial charge on any atom is -0.550 e. The Kier molecular flexibility index (Phi) is 14.6. The van der Waals surface area contributed by atoms with E-state index in [0.29, 0.717) is 11.1 Å². The maximum Gasteiger partial charge on any atom is 2.00 e. The van der Waals surface area contributed by atoms with Gasteiger partial charge in [-0.1, -0.05) is 50.2 Å². The van der Waals surface area contributed by atoms with Crippen molar-refractivity contribution >= 4 is 46.5 Å². The number of aryl methyl sites for hydroxylation is 2. The third kappa shape index (κ3) is 11.3. The first-order chi connectivity index (χ1) is 19.0. The van der Waals surface area contributed by atoms with Gasteiger partial charge in [-0.3, -0.25) is 9.98 Å². The molecule has 0 aromatic heterocycles. The normalized spacial score (nSPS) is 10.3. The van der Waals surface area contributed by atoms with Gasteiger partial charge >= 0.3 is 16.8 Å². The summed E-state index contributed by atoms with van der Waals surface area (Å²) < 4.78 is 0. The average Bonchev–Trinajstić information content (AvgIpc) is 2.91. The molecule has 0 amide bonds. The van der Waals surface area contributed by atoms with Crippen LogP contribution in [-0.2, 0) is 39.2 Å². The van der Waals surface area contributed by atoms with E-state index in [9.17, 15) is 10.2 Å². The zero-order valence-corrected chi connectivity index (χ0v) is 24.3. The van der Waals surface area contributed by atoms with E-state index in [1.165, 1.54) is 0 Å². The molecule has 8 nitrogen and oxygen atoms in total. The molecule has 4 rings (SSSR count). The van der Waals surface area contributed by atoms with Gasteiger partial charge < -0.3 is 30.0 Å². The fraction of sp³-hybridized carbons (Fsp3) is 0.188. The molecule has 0 unspecified atom stereocenters. The van der Waals surface area contributed by atoms with Crippen LogP contribution in [0.15, 0.2) is 82.8 Å². The number of benzene rings is 4.